The van der Waals surface area contributed by atoms with Crippen LogP contribution >= 0.6 is 34.5 Å². The molecule has 0 saturated heterocycles. The topological polar surface area (TPSA) is 63.2 Å². The maximum Gasteiger partial charge on any atom is 0.266 e. The summed E-state index contributed by atoms with van der Waals surface area (Å²) in [6.45, 7) is 1.56. The molecule has 0 unspecified atom stereocenters. The van der Waals surface area contributed by atoms with Crippen LogP contribution in [0.3, 0.4) is 0 Å². The Balaban J connectivity index is 1.91. The Bertz CT molecular complexity index is 1130. The fraction of sp³-hybridized carbons (Fsp3) is 0.0556. The zero-order valence-corrected chi connectivity index (χ0v) is 16.9. The van der Waals surface area contributed by atoms with E-state index in [0.717, 1.165) is 17.4 Å². The van der Waals surface area contributed by atoms with Gasteiger partial charge >= 0.3 is 0 Å². The minimum absolute atomic E-state index is 0.0529. The lowest BCUT2D eigenvalue weighted by Gasteiger charge is -2.07. The molecule has 0 aliphatic rings. The second-order valence-corrected chi connectivity index (χ2v) is 9.24. The summed E-state index contributed by atoms with van der Waals surface area (Å²) in [6.07, 6.45) is 0. The van der Waals surface area contributed by atoms with Gasteiger partial charge in [0.1, 0.15) is 5.82 Å². The fourth-order valence-corrected chi connectivity index (χ4v) is 5.51. The van der Waals surface area contributed by atoms with E-state index in [0.29, 0.717) is 16.3 Å². The van der Waals surface area contributed by atoms with Crippen LogP contribution < -0.4 is 5.32 Å². The van der Waals surface area contributed by atoms with Crippen molar-refractivity contribution >= 4 is 56.0 Å². The van der Waals surface area contributed by atoms with Gasteiger partial charge in [0.05, 0.1) is 19.7 Å². The molecule has 1 amide bonds. The van der Waals surface area contributed by atoms with E-state index in [9.17, 15) is 17.6 Å². The number of anilines is 1. The van der Waals surface area contributed by atoms with Crippen LogP contribution in [-0.2, 0) is 9.84 Å². The number of sulfone groups is 1. The van der Waals surface area contributed by atoms with Gasteiger partial charge in [0.25, 0.3) is 5.91 Å². The predicted molar refractivity (Wildman–Crippen MR) is 105 cm³/mol. The number of amides is 1. The summed E-state index contributed by atoms with van der Waals surface area (Å²) < 4.78 is 38.9. The summed E-state index contributed by atoms with van der Waals surface area (Å²) in [7, 11) is -3.78. The maximum atomic E-state index is 13.2. The minimum atomic E-state index is -3.78. The van der Waals surface area contributed by atoms with Crippen LogP contribution in [0.5, 0.6) is 0 Å². The molecular formula is C18H12Cl2FNO3S2. The normalized spacial score (nSPS) is 11.4. The number of carbonyl (C=O) groups excluding carboxylic acids is 1. The van der Waals surface area contributed by atoms with Crippen LogP contribution in [0.4, 0.5) is 10.1 Å². The molecule has 4 nitrogen and oxygen atoms in total. The Kier molecular flexibility index (Phi) is 5.58. The summed E-state index contributed by atoms with van der Waals surface area (Å²) in [6, 6.07) is 9.58. The van der Waals surface area contributed by atoms with E-state index in [4.69, 9.17) is 23.2 Å². The first kappa shape index (κ1) is 19.8. The van der Waals surface area contributed by atoms with E-state index in [2.05, 4.69) is 5.32 Å². The van der Waals surface area contributed by atoms with E-state index in [1.165, 1.54) is 41.8 Å². The van der Waals surface area contributed by atoms with E-state index in [-0.39, 0.29) is 19.7 Å². The lowest BCUT2D eigenvalue weighted by atomic mass is 10.2. The van der Waals surface area contributed by atoms with Crippen LogP contribution in [0.2, 0.25) is 10.0 Å². The first-order chi connectivity index (χ1) is 12.7. The van der Waals surface area contributed by atoms with Crippen molar-refractivity contribution in [3.63, 3.8) is 0 Å². The van der Waals surface area contributed by atoms with Crippen molar-refractivity contribution in [1.29, 1.82) is 0 Å². The third-order valence-electron chi connectivity index (χ3n) is 3.79. The quantitative estimate of drug-likeness (QED) is 0.571. The van der Waals surface area contributed by atoms with Gasteiger partial charge in [-0.1, -0.05) is 23.2 Å². The molecule has 1 aromatic heterocycles. The highest BCUT2D eigenvalue weighted by Crippen LogP contribution is 2.31. The van der Waals surface area contributed by atoms with Crippen LogP contribution in [-0.4, -0.2) is 14.3 Å². The van der Waals surface area contributed by atoms with Gasteiger partial charge < -0.3 is 5.32 Å². The molecule has 0 fully saturated rings. The lowest BCUT2D eigenvalue weighted by Crippen LogP contribution is -2.12. The van der Waals surface area contributed by atoms with Crippen LogP contribution in [0, 0.1) is 12.7 Å². The molecule has 0 atom stereocenters. The first-order valence-electron chi connectivity index (χ1n) is 7.55. The van der Waals surface area contributed by atoms with Crippen LogP contribution in [0.1, 0.15) is 15.2 Å². The Morgan fingerprint density at radius 3 is 2.41 bits per heavy atom. The van der Waals surface area contributed by atoms with E-state index < -0.39 is 21.6 Å². The van der Waals surface area contributed by atoms with Gasteiger partial charge in [-0.2, -0.15) is 0 Å². The van der Waals surface area contributed by atoms with Crippen molar-refractivity contribution in [2.45, 2.75) is 16.7 Å². The zero-order chi connectivity index (χ0) is 19.8. The average molecular weight is 444 g/mol. The van der Waals surface area contributed by atoms with Gasteiger partial charge in [0, 0.05) is 16.1 Å². The highest BCUT2D eigenvalue weighted by molar-refractivity contribution is 7.91. The zero-order valence-electron chi connectivity index (χ0n) is 13.8. The third-order valence-corrected chi connectivity index (χ3v) is 7.46. The summed E-state index contributed by atoms with van der Waals surface area (Å²) in [5, 5.41) is 4.31. The second kappa shape index (κ2) is 7.59. The molecule has 1 heterocycles. The Hall–Kier alpha value is -1.93. The minimum Gasteiger partial charge on any atom is -0.321 e. The summed E-state index contributed by atoms with van der Waals surface area (Å²) in [5.74, 6) is -1.10. The number of hydrogen-bond acceptors (Lipinski definition) is 4. The summed E-state index contributed by atoms with van der Waals surface area (Å²) in [4.78, 5) is 12.9. The molecule has 140 valence electrons. The van der Waals surface area contributed by atoms with Gasteiger partial charge in [-0.05, 0) is 55.0 Å². The Labute approximate surface area is 169 Å². The van der Waals surface area contributed by atoms with E-state index in [1.807, 2.05) is 0 Å². The molecule has 0 saturated carbocycles. The molecular weight excluding hydrogens is 432 g/mol. The van der Waals surface area contributed by atoms with Crippen LogP contribution in [0.15, 0.2) is 57.6 Å². The van der Waals surface area contributed by atoms with Gasteiger partial charge in [-0.15, -0.1) is 11.3 Å². The number of rotatable bonds is 4. The Morgan fingerprint density at radius 1 is 1.11 bits per heavy atom. The molecule has 0 aliphatic heterocycles. The maximum absolute atomic E-state index is 13.2. The number of hydrogen-bond donors (Lipinski definition) is 1. The Morgan fingerprint density at radius 2 is 1.78 bits per heavy atom. The van der Waals surface area contributed by atoms with Gasteiger partial charge in [0.15, 0.2) is 0 Å². The molecule has 27 heavy (non-hydrogen) atoms. The van der Waals surface area contributed by atoms with Crippen molar-refractivity contribution in [1.82, 2.24) is 0 Å². The summed E-state index contributed by atoms with van der Waals surface area (Å²) >= 11 is 12.5. The number of benzene rings is 2. The average Bonchev–Trinajstić information content (AvgIpc) is 3.01. The van der Waals surface area contributed by atoms with E-state index in [1.54, 1.807) is 6.92 Å². The molecule has 3 rings (SSSR count). The molecule has 0 radical (unpaired) electrons. The number of carbonyl (C=O) groups is 1. The molecule has 0 aliphatic carbocycles. The number of nitrogens with one attached hydrogen (secondary N) is 1. The largest absolute Gasteiger partial charge is 0.321 e. The predicted octanol–water partition coefficient (Wildman–Crippen LogP) is 5.59. The van der Waals surface area contributed by atoms with Crippen molar-refractivity contribution in [2.75, 3.05) is 5.32 Å². The van der Waals surface area contributed by atoms with Gasteiger partial charge in [-0.25, -0.2) is 12.8 Å². The fourth-order valence-electron chi connectivity index (χ4n) is 2.39. The van der Waals surface area contributed by atoms with Crippen LogP contribution in [0.25, 0.3) is 0 Å². The molecule has 0 bridgehead atoms. The van der Waals surface area contributed by atoms with Crippen molar-refractivity contribution in [3.8, 4) is 0 Å². The molecule has 3 aromatic rings. The molecule has 9 heteroatoms. The molecule has 2 aromatic carbocycles. The van der Waals surface area contributed by atoms with Crippen molar-refractivity contribution in [3.05, 3.63) is 74.1 Å². The monoisotopic (exact) mass is 443 g/mol. The smallest absolute Gasteiger partial charge is 0.266 e. The highest BCUT2D eigenvalue weighted by Gasteiger charge is 2.25. The lowest BCUT2D eigenvalue weighted by molar-refractivity contribution is 0.103. The standard InChI is InChI=1S/C18H12Cl2FNO3S2/c1-10-16(27(24,25)13-5-2-11(19)3-6-13)9-26-17(10)18(23)22-12-4-7-15(21)14(20)8-12/h2-9H,1H3,(H,22,23). The van der Waals surface area contributed by atoms with Crippen molar-refractivity contribution in [2.24, 2.45) is 0 Å². The third kappa shape index (κ3) is 4.01. The molecule has 0 spiro atoms. The van der Waals surface area contributed by atoms with Gasteiger partial charge in [0.2, 0.25) is 9.84 Å². The van der Waals surface area contributed by atoms with Crippen molar-refractivity contribution < 1.29 is 17.6 Å². The number of halogens is 3. The first-order valence-corrected chi connectivity index (χ1v) is 10.7. The highest BCUT2D eigenvalue weighted by atomic mass is 35.5. The second-order valence-electron chi connectivity index (χ2n) is 5.59. The van der Waals surface area contributed by atoms with Gasteiger partial charge in [-0.3, -0.25) is 4.79 Å². The number of thiophene rings is 1. The summed E-state index contributed by atoms with van der Waals surface area (Å²) in [5.41, 5.74) is 0.641. The molecule has 1 N–H and O–H groups in total. The van der Waals surface area contributed by atoms with E-state index >= 15 is 0 Å². The SMILES string of the molecule is Cc1c(S(=O)(=O)c2ccc(Cl)cc2)csc1C(=O)Nc1ccc(F)c(Cl)c1.